The minimum absolute atomic E-state index is 0.788. The minimum atomic E-state index is 0.788. The molecule has 72 valence electrons. The van der Waals surface area contributed by atoms with E-state index in [1.54, 1.807) is 6.42 Å². The predicted octanol–water partition coefficient (Wildman–Crippen LogP) is 3.78. The van der Waals surface area contributed by atoms with Gasteiger partial charge in [0.15, 0.2) is 0 Å². The van der Waals surface area contributed by atoms with Crippen LogP contribution in [0.3, 0.4) is 0 Å². The lowest BCUT2D eigenvalue weighted by atomic mass is 9.56. The summed E-state index contributed by atoms with van der Waals surface area (Å²) in [4.78, 5) is 0. The van der Waals surface area contributed by atoms with Crippen LogP contribution in [0, 0.1) is 23.2 Å². The monoisotopic (exact) mass is 176 g/mol. The van der Waals surface area contributed by atoms with Gasteiger partial charge in [-0.3, -0.25) is 0 Å². The van der Waals surface area contributed by atoms with Gasteiger partial charge in [0.05, 0.1) is 0 Å². The number of hydrogen-bond acceptors (Lipinski definition) is 0. The molecular formula is C13H20. The smallest absolute Gasteiger partial charge is 0.0141 e. The van der Waals surface area contributed by atoms with Gasteiger partial charge < -0.3 is 0 Å². The van der Waals surface area contributed by atoms with Crippen molar-refractivity contribution in [2.45, 2.75) is 46.0 Å². The second kappa shape index (κ2) is 2.40. The van der Waals surface area contributed by atoms with Crippen LogP contribution < -0.4 is 0 Å². The highest BCUT2D eigenvalue weighted by atomic mass is 14.6. The van der Waals surface area contributed by atoms with Crippen molar-refractivity contribution in [2.24, 2.45) is 23.2 Å². The van der Waals surface area contributed by atoms with Crippen molar-refractivity contribution in [1.82, 2.24) is 0 Å². The summed E-state index contributed by atoms with van der Waals surface area (Å²) in [5.41, 5.74) is 2.62. The van der Waals surface area contributed by atoms with Crippen LogP contribution >= 0.6 is 0 Å². The van der Waals surface area contributed by atoms with Gasteiger partial charge in [-0.15, -0.1) is 0 Å². The normalized spacial score (nSPS) is 52.5. The fourth-order valence-electron chi connectivity index (χ4n) is 4.35. The van der Waals surface area contributed by atoms with Crippen LogP contribution in [-0.4, -0.2) is 0 Å². The molecule has 4 unspecified atom stereocenters. The van der Waals surface area contributed by atoms with E-state index in [2.05, 4.69) is 19.9 Å². The zero-order valence-corrected chi connectivity index (χ0v) is 8.84. The zero-order chi connectivity index (χ0) is 9.05. The van der Waals surface area contributed by atoms with Crippen molar-refractivity contribution in [3.63, 3.8) is 0 Å². The third-order valence-corrected chi connectivity index (χ3v) is 4.92. The zero-order valence-electron chi connectivity index (χ0n) is 8.84. The molecular weight excluding hydrogens is 156 g/mol. The number of hydrogen-bond donors (Lipinski definition) is 0. The molecule has 0 aromatic rings. The molecule has 4 atom stereocenters. The van der Waals surface area contributed by atoms with Gasteiger partial charge in [-0.1, -0.05) is 25.5 Å². The van der Waals surface area contributed by atoms with Crippen LogP contribution in [0.4, 0.5) is 0 Å². The fraction of sp³-hybridized carbons (Fsp3) is 0.846. The molecule has 0 aromatic heterocycles. The Morgan fingerprint density at radius 1 is 1.46 bits per heavy atom. The maximum atomic E-state index is 2.59. The van der Waals surface area contributed by atoms with E-state index in [0.717, 1.165) is 23.2 Å². The number of allylic oxidation sites excluding steroid dienone is 2. The van der Waals surface area contributed by atoms with Crippen molar-refractivity contribution >= 4 is 0 Å². The van der Waals surface area contributed by atoms with Crippen molar-refractivity contribution in [1.29, 1.82) is 0 Å². The Bertz CT molecular complexity index is 263. The first-order chi connectivity index (χ1) is 6.23. The summed E-state index contributed by atoms with van der Waals surface area (Å²) in [6, 6.07) is 0. The summed E-state index contributed by atoms with van der Waals surface area (Å²) in [6.07, 6.45) is 10.0. The highest BCUT2D eigenvalue weighted by Crippen LogP contribution is 2.66. The molecule has 0 N–H and O–H groups in total. The molecule has 2 bridgehead atoms. The summed E-state index contributed by atoms with van der Waals surface area (Å²) in [5.74, 6) is 2.96. The van der Waals surface area contributed by atoms with Gasteiger partial charge >= 0.3 is 0 Å². The van der Waals surface area contributed by atoms with E-state index >= 15 is 0 Å². The molecule has 0 radical (unpaired) electrons. The Balaban J connectivity index is 1.96. The Kier molecular flexibility index (Phi) is 1.49. The van der Waals surface area contributed by atoms with Crippen molar-refractivity contribution in [2.75, 3.05) is 0 Å². The molecule has 3 aliphatic carbocycles. The second-order valence-corrected chi connectivity index (χ2v) is 5.71. The highest BCUT2D eigenvalue weighted by molar-refractivity contribution is 5.29. The summed E-state index contributed by atoms with van der Waals surface area (Å²) >= 11 is 0. The number of rotatable bonds is 1. The van der Waals surface area contributed by atoms with Crippen molar-refractivity contribution in [3.8, 4) is 0 Å². The highest BCUT2D eigenvalue weighted by Gasteiger charge is 2.55. The van der Waals surface area contributed by atoms with Crippen LogP contribution in [0.25, 0.3) is 0 Å². The Morgan fingerprint density at radius 3 is 3.08 bits per heavy atom. The van der Waals surface area contributed by atoms with Crippen molar-refractivity contribution < 1.29 is 0 Å². The average Bonchev–Trinajstić information content (AvgIpc) is 2.26. The summed E-state index contributed by atoms with van der Waals surface area (Å²) in [6.45, 7) is 4.80. The van der Waals surface area contributed by atoms with E-state index in [9.17, 15) is 0 Å². The molecule has 2 saturated carbocycles. The molecule has 13 heavy (non-hydrogen) atoms. The molecule has 3 aliphatic rings. The molecule has 2 fully saturated rings. The van der Waals surface area contributed by atoms with Gasteiger partial charge in [0.1, 0.15) is 0 Å². The second-order valence-electron chi connectivity index (χ2n) is 5.71. The van der Waals surface area contributed by atoms with E-state index in [-0.39, 0.29) is 0 Å². The third-order valence-electron chi connectivity index (χ3n) is 4.92. The Labute approximate surface area is 81.4 Å². The first kappa shape index (κ1) is 8.08. The quantitative estimate of drug-likeness (QED) is 0.533. The SMILES string of the molecule is CCC12CC3=CC(C)CC(CC31)C2. The van der Waals surface area contributed by atoms with E-state index in [4.69, 9.17) is 0 Å². The maximum Gasteiger partial charge on any atom is -0.0141 e. The van der Waals surface area contributed by atoms with Gasteiger partial charge in [-0.25, -0.2) is 0 Å². The van der Waals surface area contributed by atoms with Crippen LogP contribution in [0.15, 0.2) is 11.6 Å². The van der Waals surface area contributed by atoms with E-state index in [1.165, 1.54) is 25.7 Å². The summed E-state index contributed by atoms with van der Waals surface area (Å²) in [7, 11) is 0. The van der Waals surface area contributed by atoms with Gasteiger partial charge in [-0.05, 0) is 55.3 Å². The minimum Gasteiger partial charge on any atom is -0.0822 e. The van der Waals surface area contributed by atoms with Gasteiger partial charge in [0.2, 0.25) is 0 Å². The molecule has 0 nitrogen and oxygen atoms in total. The molecule has 0 amide bonds. The van der Waals surface area contributed by atoms with Gasteiger partial charge in [0, 0.05) is 0 Å². The average molecular weight is 176 g/mol. The predicted molar refractivity (Wildman–Crippen MR) is 55.4 cm³/mol. The molecule has 0 heterocycles. The molecule has 0 saturated heterocycles. The first-order valence-electron chi connectivity index (χ1n) is 5.94. The van der Waals surface area contributed by atoms with Crippen LogP contribution in [0.5, 0.6) is 0 Å². The van der Waals surface area contributed by atoms with Gasteiger partial charge in [-0.2, -0.15) is 0 Å². The van der Waals surface area contributed by atoms with Crippen LogP contribution in [-0.2, 0) is 0 Å². The summed E-state index contributed by atoms with van der Waals surface area (Å²) < 4.78 is 0. The Hall–Kier alpha value is -0.260. The number of fused-ring (bicyclic) bond motifs is 1. The van der Waals surface area contributed by atoms with E-state index in [0.29, 0.717) is 0 Å². The van der Waals surface area contributed by atoms with E-state index < -0.39 is 0 Å². The van der Waals surface area contributed by atoms with Crippen molar-refractivity contribution in [3.05, 3.63) is 11.6 Å². The largest absolute Gasteiger partial charge is 0.0822 e. The van der Waals surface area contributed by atoms with Crippen LogP contribution in [0.1, 0.15) is 46.0 Å². The molecule has 0 aliphatic heterocycles. The fourth-order valence-corrected chi connectivity index (χ4v) is 4.35. The van der Waals surface area contributed by atoms with E-state index in [1.807, 2.05) is 5.57 Å². The first-order valence-corrected chi connectivity index (χ1v) is 5.94. The molecule has 0 aromatic carbocycles. The third kappa shape index (κ3) is 0.923. The Morgan fingerprint density at radius 2 is 2.31 bits per heavy atom. The van der Waals surface area contributed by atoms with Gasteiger partial charge in [0.25, 0.3) is 0 Å². The molecule has 3 rings (SSSR count). The van der Waals surface area contributed by atoms with Crippen LogP contribution in [0.2, 0.25) is 0 Å². The topological polar surface area (TPSA) is 0 Å². The standard InChI is InChI=1S/C13H20/c1-3-13-7-10-4-9(2)5-11(8-13)12(13)6-10/h5,9-10,12H,3-4,6-8H2,1-2H3. The molecule has 0 heteroatoms. The lowest BCUT2D eigenvalue weighted by molar-refractivity contribution is 0.127. The maximum absolute atomic E-state index is 2.59. The molecule has 0 spiro atoms. The summed E-state index contributed by atoms with van der Waals surface area (Å²) in [5, 5.41) is 0. The lowest BCUT2D eigenvalue weighted by Gasteiger charge is -2.48. The lowest BCUT2D eigenvalue weighted by Crippen LogP contribution is -2.38.